The number of piperazine rings is 2. The lowest BCUT2D eigenvalue weighted by Crippen LogP contribution is -2.59. The zero-order valence-corrected chi connectivity index (χ0v) is 11.4. The number of likely N-dealkylation sites (N-methyl/N-ethyl adjacent to an activating group) is 2. The van der Waals surface area contributed by atoms with Gasteiger partial charge in [-0.05, 0) is 14.1 Å². The van der Waals surface area contributed by atoms with Gasteiger partial charge in [-0.15, -0.1) is 0 Å². The Hall–Kier alpha value is -0.890. The van der Waals surface area contributed by atoms with E-state index >= 15 is 0 Å². The van der Waals surface area contributed by atoms with Gasteiger partial charge in [0.1, 0.15) is 0 Å². The van der Waals surface area contributed by atoms with Crippen LogP contribution in [0.4, 0.5) is 4.79 Å². The fourth-order valence-corrected chi connectivity index (χ4v) is 2.15. The summed E-state index contributed by atoms with van der Waals surface area (Å²) in [6.07, 6.45) is 0. The minimum Gasteiger partial charge on any atom is -0.304 e. The quantitative estimate of drug-likeness (QED) is 0.637. The van der Waals surface area contributed by atoms with Gasteiger partial charge in [0.05, 0.1) is 0 Å². The van der Waals surface area contributed by atoms with E-state index < -0.39 is 0 Å². The molecular weight excluding hydrogens is 232 g/mol. The topological polar surface area (TPSA) is 54.1 Å². The Morgan fingerprint density at radius 3 is 1.39 bits per heavy atom. The number of carbonyl (C=O) groups excluding carboxylic acids is 1. The van der Waals surface area contributed by atoms with E-state index in [0.717, 1.165) is 52.4 Å². The van der Waals surface area contributed by atoms with E-state index in [1.165, 1.54) is 0 Å². The fraction of sp³-hybridized carbons (Fsp3) is 0.909. The molecule has 2 N–H and O–H groups in total. The molecule has 7 nitrogen and oxygen atoms in total. The standard InChI is InChI=1S/C11H24N6O/c1-14-3-7-16(8-4-14)12-11(18)13-17-9-5-15(2)6-10-17/h3-10H2,1-2H3,(H2,12,13,18). The highest BCUT2D eigenvalue weighted by Crippen LogP contribution is 1.97. The first-order valence-corrected chi connectivity index (χ1v) is 6.58. The van der Waals surface area contributed by atoms with Gasteiger partial charge in [0, 0.05) is 52.4 Å². The number of carbonyl (C=O) groups is 1. The minimum atomic E-state index is -0.121. The van der Waals surface area contributed by atoms with Crippen molar-refractivity contribution in [2.75, 3.05) is 66.5 Å². The van der Waals surface area contributed by atoms with Crippen molar-refractivity contribution in [2.45, 2.75) is 0 Å². The van der Waals surface area contributed by atoms with Crippen LogP contribution in [0.5, 0.6) is 0 Å². The van der Waals surface area contributed by atoms with Crippen LogP contribution in [0, 0.1) is 0 Å². The van der Waals surface area contributed by atoms with Crippen LogP contribution < -0.4 is 10.9 Å². The minimum absolute atomic E-state index is 0.121. The number of hydrogen-bond donors (Lipinski definition) is 2. The molecule has 0 aromatic heterocycles. The van der Waals surface area contributed by atoms with E-state index in [0.29, 0.717) is 0 Å². The largest absolute Gasteiger partial charge is 0.343 e. The van der Waals surface area contributed by atoms with Crippen LogP contribution in [-0.4, -0.2) is 92.3 Å². The lowest BCUT2D eigenvalue weighted by molar-refractivity contribution is 0.0845. The Balaban J connectivity index is 1.66. The second kappa shape index (κ2) is 6.33. The molecule has 0 aliphatic carbocycles. The Kier molecular flexibility index (Phi) is 4.76. The molecule has 0 saturated carbocycles. The first-order valence-electron chi connectivity index (χ1n) is 6.58. The summed E-state index contributed by atoms with van der Waals surface area (Å²) in [6, 6.07) is -0.121. The smallest absolute Gasteiger partial charge is 0.304 e. The number of hydrazine groups is 2. The molecule has 0 spiro atoms. The molecule has 18 heavy (non-hydrogen) atoms. The Morgan fingerprint density at radius 1 is 0.722 bits per heavy atom. The van der Waals surface area contributed by atoms with Crippen molar-refractivity contribution in [1.29, 1.82) is 0 Å². The molecule has 104 valence electrons. The Morgan fingerprint density at radius 2 is 1.06 bits per heavy atom. The molecule has 2 fully saturated rings. The van der Waals surface area contributed by atoms with Gasteiger partial charge < -0.3 is 9.80 Å². The van der Waals surface area contributed by atoms with E-state index in [4.69, 9.17) is 0 Å². The van der Waals surface area contributed by atoms with Crippen LogP contribution in [0.1, 0.15) is 0 Å². The molecule has 2 heterocycles. The van der Waals surface area contributed by atoms with Crippen LogP contribution in [0.25, 0.3) is 0 Å². The fourth-order valence-electron chi connectivity index (χ4n) is 2.15. The Labute approximate surface area is 109 Å². The van der Waals surface area contributed by atoms with Gasteiger partial charge in [-0.2, -0.15) is 0 Å². The molecule has 0 atom stereocenters. The molecular formula is C11H24N6O. The summed E-state index contributed by atoms with van der Waals surface area (Å²) in [5, 5.41) is 3.96. The van der Waals surface area contributed by atoms with Gasteiger partial charge in [0.2, 0.25) is 0 Å². The van der Waals surface area contributed by atoms with Gasteiger partial charge in [0.15, 0.2) is 0 Å². The lowest BCUT2D eigenvalue weighted by atomic mass is 10.4. The molecule has 0 aromatic rings. The molecule has 2 rings (SSSR count). The third kappa shape index (κ3) is 4.09. The van der Waals surface area contributed by atoms with Crippen molar-refractivity contribution in [3.63, 3.8) is 0 Å². The zero-order valence-electron chi connectivity index (χ0n) is 11.4. The summed E-state index contributed by atoms with van der Waals surface area (Å²) in [4.78, 5) is 16.3. The number of amides is 2. The SMILES string of the molecule is CN1CCN(NC(=O)NN2CCN(C)CC2)CC1. The van der Waals surface area contributed by atoms with E-state index in [2.05, 4.69) is 34.7 Å². The van der Waals surface area contributed by atoms with Crippen LogP contribution in [-0.2, 0) is 0 Å². The van der Waals surface area contributed by atoms with Crippen molar-refractivity contribution >= 4 is 6.03 Å². The van der Waals surface area contributed by atoms with E-state index in [1.807, 2.05) is 10.0 Å². The van der Waals surface area contributed by atoms with Crippen LogP contribution >= 0.6 is 0 Å². The van der Waals surface area contributed by atoms with Gasteiger partial charge in [-0.3, -0.25) is 10.9 Å². The predicted octanol–water partition coefficient (Wildman–Crippen LogP) is -1.39. The molecule has 2 aliphatic heterocycles. The highest BCUT2D eigenvalue weighted by molar-refractivity contribution is 5.72. The van der Waals surface area contributed by atoms with Crippen molar-refractivity contribution in [3.8, 4) is 0 Å². The highest BCUT2D eigenvalue weighted by atomic mass is 16.2. The van der Waals surface area contributed by atoms with Gasteiger partial charge in [-0.25, -0.2) is 14.8 Å². The molecule has 2 aliphatic rings. The lowest BCUT2D eigenvalue weighted by Gasteiger charge is -2.35. The second-order valence-electron chi connectivity index (χ2n) is 5.13. The van der Waals surface area contributed by atoms with Crippen molar-refractivity contribution in [2.24, 2.45) is 0 Å². The maximum Gasteiger partial charge on any atom is 0.343 e. The van der Waals surface area contributed by atoms with Crippen molar-refractivity contribution in [3.05, 3.63) is 0 Å². The third-order valence-electron chi connectivity index (χ3n) is 3.53. The average molecular weight is 256 g/mol. The molecule has 7 heteroatoms. The van der Waals surface area contributed by atoms with Crippen LogP contribution in [0.15, 0.2) is 0 Å². The molecule has 0 unspecified atom stereocenters. The van der Waals surface area contributed by atoms with E-state index in [-0.39, 0.29) is 6.03 Å². The maximum atomic E-state index is 11.8. The molecule has 0 aromatic carbocycles. The molecule has 0 bridgehead atoms. The maximum absolute atomic E-state index is 11.8. The van der Waals surface area contributed by atoms with Crippen LogP contribution in [0.3, 0.4) is 0 Å². The normalized spacial score (nSPS) is 25.0. The molecule has 2 saturated heterocycles. The Bertz CT molecular complexity index is 245. The number of nitrogens with one attached hydrogen (secondary N) is 2. The summed E-state index contributed by atoms with van der Waals surface area (Å²) in [5.41, 5.74) is 5.80. The van der Waals surface area contributed by atoms with Gasteiger partial charge >= 0.3 is 6.03 Å². The zero-order chi connectivity index (χ0) is 13.0. The monoisotopic (exact) mass is 256 g/mol. The summed E-state index contributed by atoms with van der Waals surface area (Å²) >= 11 is 0. The number of nitrogens with zero attached hydrogens (tertiary/aromatic N) is 4. The number of urea groups is 1. The van der Waals surface area contributed by atoms with Gasteiger partial charge in [0.25, 0.3) is 0 Å². The first-order chi connectivity index (χ1) is 8.63. The van der Waals surface area contributed by atoms with E-state index in [1.54, 1.807) is 0 Å². The molecule has 2 amide bonds. The summed E-state index contributed by atoms with van der Waals surface area (Å²) in [5.74, 6) is 0. The van der Waals surface area contributed by atoms with Crippen molar-refractivity contribution in [1.82, 2.24) is 30.7 Å². The van der Waals surface area contributed by atoms with E-state index in [9.17, 15) is 4.79 Å². The van der Waals surface area contributed by atoms with Crippen LogP contribution in [0.2, 0.25) is 0 Å². The first kappa shape index (κ1) is 13.5. The predicted molar refractivity (Wildman–Crippen MR) is 69.8 cm³/mol. The van der Waals surface area contributed by atoms with Crippen molar-refractivity contribution < 1.29 is 4.79 Å². The summed E-state index contributed by atoms with van der Waals surface area (Å²) in [7, 11) is 4.20. The van der Waals surface area contributed by atoms with Gasteiger partial charge in [-0.1, -0.05) is 0 Å². The summed E-state index contributed by atoms with van der Waals surface area (Å²) < 4.78 is 0. The number of hydrogen-bond acceptors (Lipinski definition) is 5. The number of rotatable bonds is 2. The average Bonchev–Trinajstić information content (AvgIpc) is 2.35. The highest BCUT2D eigenvalue weighted by Gasteiger charge is 2.18. The third-order valence-corrected chi connectivity index (χ3v) is 3.53. The molecule has 0 radical (unpaired) electrons. The second-order valence-corrected chi connectivity index (χ2v) is 5.13. The summed E-state index contributed by atoms with van der Waals surface area (Å²) in [6.45, 7) is 7.51.